The third-order valence-corrected chi connectivity index (χ3v) is 4.30. The number of nitrogens with one attached hydrogen (secondary N) is 1. The molecule has 0 aliphatic heterocycles. The predicted molar refractivity (Wildman–Crippen MR) is 64.2 cm³/mol. The van der Waals surface area contributed by atoms with E-state index in [2.05, 4.69) is 5.32 Å². The van der Waals surface area contributed by atoms with E-state index in [1.165, 1.54) is 19.3 Å². The smallest absolute Gasteiger partial charge is 0.0693 e. The lowest BCUT2D eigenvalue weighted by Crippen LogP contribution is -2.51. The summed E-state index contributed by atoms with van der Waals surface area (Å²) >= 11 is 0. The molecule has 2 rings (SSSR count). The first-order chi connectivity index (χ1) is 7.81. The number of aliphatic hydroxyl groups is 2. The van der Waals surface area contributed by atoms with Gasteiger partial charge in [-0.25, -0.2) is 0 Å². The first-order valence-corrected chi connectivity index (χ1v) is 6.86. The molecule has 0 aromatic heterocycles. The minimum absolute atomic E-state index is 0.171. The van der Waals surface area contributed by atoms with Gasteiger partial charge in [0.15, 0.2) is 0 Å². The van der Waals surface area contributed by atoms with Crippen LogP contribution in [0.3, 0.4) is 0 Å². The van der Waals surface area contributed by atoms with Crippen molar-refractivity contribution in [3.05, 3.63) is 0 Å². The summed E-state index contributed by atoms with van der Waals surface area (Å²) in [5.41, 5.74) is 0. The van der Waals surface area contributed by atoms with Gasteiger partial charge < -0.3 is 15.5 Å². The molecule has 0 bridgehead atoms. The van der Waals surface area contributed by atoms with E-state index in [9.17, 15) is 10.2 Å². The molecule has 94 valence electrons. The minimum atomic E-state index is -0.171. The van der Waals surface area contributed by atoms with E-state index in [-0.39, 0.29) is 12.1 Å². The topological polar surface area (TPSA) is 52.5 Å². The van der Waals surface area contributed by atoms with Crippen molar-refractivity contribution in [3.8, 4) is 0 Å². The van der Waals surface area contributed by atoms with E-state index >= 15 is 0 Å². The lowest BCUT2D eigenvalue weighted by atomic mass is 9.83. The van der Waals surface area contributed by atoms with Crippen LogP contribution in [0.5, 0.6) is 0 Å². The van der Waals surface area contributed by atoms with Gasteiger partial charge in [-0.05, 0) is 31.6 Å². The summed E-state index contributed by atoms with van der Waals surface area (Å²) in [5, 5.41) is 22.9. The Labute approximate surface area is 98.2 Å². The fourth-order valence-corrected chi connectivity index (χ4v) is 3.23. The maximum absolute atomic E-state index is 9.93. The molecule has 2 fully saturated rings. The molecule has 16 heavy (non-hydrogen) atoms. The van der Waals surface area contributed by atoms with Gasteiger partial charge in [0.05, 0.1) is 6.10 Å². The molecular formula is C13H25NO2. The fourth-order valence-electron chi connectivity index (χ4n) is 3.23. The molecule has 4 atom stereocenters. The Balaban J connectivity index is 1.86. The van der Waals surface area contributed by atoms with Gasteiger partial charge in [0.25, 0.3) is 0 Å². The molecule has 2 saturated carbocycles. The first-order valence-electron chi connectivity index (χ1n) is 6.86. The molecule has 0 aromatic rings. The molecule has 4 unspecified atom stereocenters. The second kappa shape index (κ2) is 5.99. The quantitative estimate of drug-likeness (QED) is 0.683. The first kappa shape index (κ1) is 12.3. The summed E-state index contributed by atoms with van der Waals surface area (Å²) in [5.74, 6) is 0.405. The van der Waals surface area contributed by atoms with E-state index in [0.29, 0.717) is 18.6 Å². The molecule has 3 heteroatoms. The van der Waals surface area contributed by atoms with Gasteiger partial charge in [-0.2, -0.15) is 0 Å². The van der Waals surface area contributed by atoms with Crippen molar-refractivity contribution in [2.75, 3.05) is 6.61 Å². The molecule has 0 aromatic carbocycles. The Morgan fingerprint density at radius 1 is 0.875 bits per heavy atom. The summed E-state index contributed by atoms with van der Waals surface area (Å²) in [7, 11) is 0. The van der Waals surface area contributed by atoms with Gasteiger partial charge in [0, 0.05) is 18.7 Å². The van der Waals surface area contributed by atoms with E-state index in [1.54, 1.807) is 0 Å². The van der Waals surface area contributed by atoms with Crippen LogP contribution in [0.4, 0.5) is 0 Å². The highest BCUT2D eigenvalue weighted by molar-refractivity contribution is 4.88. The van der Waals surface area contributed by atoms with Crippen LogP contribution in [-0.4, -0.2) is 35.0 Å². The largest absolute Gasteiger partial charge is 0.396 e. The minimum Gasteiger partial charge on any atom is -0.396 e. The molecule has 3 N–H and O–H groups in total. The summed E-state index contributed by atoms with van der Waals surface area (Å²) < 4.78 is 0. The van der Waals surface area contributed by atoms with Crippen LogP contribution in [0, 0.1) is 5.92 Å². The van der Waals surface area contributed by atoms with Crippen LogP contribution in [-0.2, 0) is 0 Å². The van der Waals surface area contributed by atoms with E-state index in [4.69, 9.17) is 0 Å². The number of hydrogen-bond acceptors (Lipinski definition) is 3. The average Bonchev–Trinajstić information content (AvgIpc) is 2.33. The third kappa shape index (κ3) is 2.96. The van der Waals surface area contributed by atoms with Crippen LogP contribution in [0.15, 0.2) is 0 Å². The maximum Gasteiger partial charge on any atom is 0.0693 e. The Morgan fingerprint density at radius 3 is 2.19 bits per heavy atom. The zero-order valence-electron chi connectivity index (χ0n) is 10.1. The summed E-state index contributed by atoms with van der Waals surface area (Å²) in [6, 6.07) is 0.697. The van der Waals surface area contributed by atoms with Gasteiger partial charge in [0.1, 0.15) is 0 Å². The van der Waals surface area contributed by atoms with Crippen LogP contribution < -0.4 is 5.32 Å². The molecule has 2 aliphatic carbocycles. The zero-order valence-corrected chi connectivity index (χ0v) is 10.1. The Kier molecular flexibility index (Phi) is 4.62. The molecule has 3 nitrogen and oxygen atoms in total. The Hall–Kier alpha value is -0.120. The highest BCUT2D eigenvalue weighted by Gasteiger charge is 2.30. The second-order valence-corrected chi connectivity index (χ2v) is 5.46. The Morgan fingerprint density at radius 2 is 1.50 bits per heavy atom. The maximum atomic E-state index is 9.93. The zero-order chi connectivity index (χ0) is 11.4. The molecule has 0 amide bonds. The highest BCUT2D eigenvalue weighted by atomic mass is 16.3. The van der Waals surface area contributed by atoms with E-state index < -0.39 is 0 Å². The van der Waals surface area contributed by atoms with Crippen molar-refractivity contribution in [2.45, 2.75) is 69.6 Å². The van der Waals surface area contributed by atoms with Crippen LogP contribution in [0.2, 0.25) is 0 Å². The van der Waals surface area contributed by atoms with Crippen LogP contribution in [0.1, 0.15) is 51.4 Å². The molecular weight excluding hydrogens is 202 g/mol. The lowest BCUT2D eigenvalue weighted by molar-refractivity contribution is 0.0658. The molecule has 0 heterocycles. The standard InChI is InChI=1S/C13H25NO2/c15-9-10-5-1-2-6-11(10)14-12-7-3-4-8-13(12)16/h10-16H,1-9H2. The second-order valence-electron chi connectivity index (χ2n) is 5.46. The monoisotopic (exact) mass is 227 g/mol. The molecule has 2 aliphatic rings. The summed E-state index contributed by atoms with van der Waals surface area (Å²) in [6.45, 7) is 0.292. The fraction of sp³-hybridized carbons (Fsp3) is 1.00. The number of rotatable bonds is 3. The normalized spacial score (nSPS) is 40.9. The van der Waals surface area contributed by atoms with Gasteiger partial charge in [0.2, 0.25) is 0 Å². The third-order valence-electron chi connectivity index (χ3n) is 4.30. The molecule has 0 saturated heterocycles. The van der Waals surface area contributed by atoms with E-state index in [1.807, 2.05) is 0 Å². The van der Waals surface area contributed by atoms with Crippen LogP contribution in [0.25, 0.3) is 0 Å². The SMILES string of the molecule is OCC1CCCCC1NC1CCCCC1O. The van der Waals surface area contributed by atoms with Gasteiger partial charge in [-0.15, -0.1) is 0 Å². The van der Waals surface area contributed by atoms with Crippen molar-refractivity contribution in [1.82, 2.24) is 5.32 Å². The average molecular weight is 227 g/mol. The predicted octanol–water partition coefficient (Wildman–Crippen LogP) is 1.43. The van der Waals surface area contributed by atoms with Crippen molar-refractivity contribution in [3.63, 3.8) is 0 Å². The number of hydrogen-bond donors (Lipinski definition) is 3. The lowest BCUT2D eigenvalue weighted by Gasteiger charge is -2.37. The molecule has 0 spiro atoms. The van der Waals surface area contributed by atoms with Crippen LogP contribution >= 0.6 is 0 Å². The summed E-state index contributed by atoms with van der Waals surface area (Å²) in [6.07, 6.45) is 9.05. The molecule has 0 radical (unpaired) electrons. The van der Waals surface area contributed by atoms with Gasteiger partial charge in [-0.3, -0.25) is 0 Å². The van der Waals surface area contributed by atoms with Gasteiger partial charge in [-0.1, -0.05) is 25.7 Å². The van der Waals surface area contributed by atoms with Crippen molar-refractivity contribution < 1.29 is 10.2 Å². The van der Waals surface area contributed by atoms with Crippen molar-refractivity contribution in [1.29, 1.82) is 0 Å². The van der Waals surface area contributed by atoms with E-state index in [0.717, 1.165) is 32.1 Å². The Bertz CT molecular complexity index is 210. The van der Waals surface area contributed by atoms with Gasteiger partial charge >= 0.3 is 0 Å². The highest BCUT2D eigenvalue weighted by Crippen LogP contribution is 2.26. The van der Waals surface area contributed by atoms with Crippen molar-refractivity contribution >= 4 is 0 Å². The summed E-state index contributed by atoms with van der Waals surface area (Å²) in [4.78, 5) is 0. The number of aliphatic hydroxyl groups excluding tert-OH is 2. The van der Waals surface area contributed by atoms with Crippen molar-refractivity contribution in [2.24, 2.45) is 5.92 Å².